The van der Waals surface area contributed by atoms with Crippen LogP contribution in [-0.4, -0.2) is 20.9 Å². The summed E-state index contributed by atoms with van der Waals surface area (Å²) in [4.78, 5) is 11.0. The van der Waals surface area contributed by atoms with Gasteiger partial charge >= 0.3 is 5.97 Å². The van der Waals surface area contributed by atoms with Gasteiger partial charge in [-0.15, -0.1) is 0 Å². The van der Waals surface area contributed by atoms with E-state index in [1.165, 1.54) is 0 Å². The number of aliphatic carboxylic acids is 1. The van der Waals surface area contributed by atoms with Crippen LogP contribution >= 0.6 is 0 Å². The molecule has 4 heteroatoms. The summed E-state index contributed by atoms with van der Waals surface area (Å²) in [7, 11) is 1.85. The third-order valence-electron chi connectivity index (χ3n) is 2.68. The molecule has 2 rings (SSSR count). The predicted molar refractivity (Wildman–Crippen MR) is 66.6 cm³/mol. The van der Waals surface area contributed by atoms with Crippen LogP contribution in [0.2, 0.25) is 0 Å². The fourth-order valence-corrected chi connectivity index (χ4v) is 1.81. The topological polar surface area (TPSA) is 55.1 Å². The van der Waals surface area contributed by atoms with Crippen LogP contribution in [0.15, 0.2) is 30.0 Å². The van der Waals surface area contributed by atoms with Crippen molar-refractivity contribution in [1.29, 1.82) is 0 Å². The fraction of sp³-hybridized carbons (Fsp3) is 0.231. The van der Waals surface area contributed by atoms with Crippen molar-refractivity contribution in [1.82, 2.24) is 9.78 Å². The minimum atomic E-state index is -0.867. The van der Waals surface area contributed by atoms with E-state index in [0.29, 0.717) is 12.0 Å². The van der Waals surface area contributed by atoms with Gasteiger partial charge in [0.1, 0.15) is 0 Å². The van der Waals surface area contributed by atoms with Crippen molar-refractivity contribution in [3.8, 4) is 0 Å². The molecule has 0 fully saturated rings. The first-order chi connectivity index (χ1) is 8.11. The highest BCUT2D eigenvalue weighted by molar-refractivity contribution is 5.96. The Hall–Kier alpha value is -2.10. The number of rotatable bonds is 3. The maximum atomic E-state index is 11.0. The number of aryl methyl sites for hydroxylation is 1. The molecule has 0 unspecified atom stereocenters. The van der Waals surface area contributed by atoms with E-state index in [4.69, 9.17) is 5.11 Å². The maximum absolute atomic E-state index is 11.0. The van der Waals surface area contributed by atoms with Crippen molar-refractivity contribution in [2.45, 2.75) is 13.3 Å². The Bertz CT molecular complexity index is 596. The third kappa shape index (κ3) is 2.20. The van der Waals surface area contributed by atoms with Crippen LogP contribution in [0, 0.1) is 0 Å². The van der Waals surface area contributed by atoms with Crippen LogP contribution in [0.3, 0.4) is 0 Å². The lowest BCUT2D eigenvalue weighted by Gasteiger charge is -1.99. The van der Waals surface area contributed by atoms with E-state index in [1.807, 2.05) is 38.4 Å². The number of benzene rings is 1. The standard InChI is InChI=1S/C13H14N2O2/c1-3-9(13(16)17)7-10-5-4-6-12-11(10)8-15(2)14-12/h4-8H,3H2,1-2H3,(H,16,17)/b9-7+. The van der Waals surface area contributed by atoms with Crippen LogP contribution in [0.5, 0.6) is 0 Å². The Balaban J connectivity index is 2.59. The molecule has 88 valence electrons. The summed E-state index contributed by atoms with van der Waals surface area (Å²) in [5.74, 6) is -0.867. The van der Waals surface area contributed by atoms with E-state index in [9.17, 15) is 4.79 Å². The monoisotopic (exact) mass is 230 g/mol. The number of nitrogens with zero attached hydrogens (tertiary/aromatic N) is 2. The van der Waals surface area contributed by atoms with Gasteiger partial charge in [0.05, 0.1) is 5.52 Å². The average molecular weight is 230 g/mol. The first kappa shape index (κ1) is 11.4. The van der Waals surface area contributed by atoms with Gasteiger partial charge in [-0.3, -0.25) is 4.68 Å². The first-order valence-electron chi connectivity index (χ1n) is 5.48. The zero-order valence-electron chi connectivity index (χ0n) is 9.84. The second kappa shape index (κ2) is 4.41. The molecule has 0 atom stereocenters. The van der Waals surface area contributed by atoms with Gasteiger partial charge in [0.15, 0.2) is 0 Å². The zero-order valence-corrected chi connectivity index (χ0v) is 9.84. The number of carboxylic acids is 1. The fourth-order valence-electron chi connectivity index (χ4n) is 1.81. The number of hydrogen-bond donors (Lipinski definition) is 1. The molecule has 1 aromatic carbocycles. The Morgan fingerprint density at radius 3 is 2.94 bits per heavy atom. The molecule has 0 radical (unpaired) electrons. The molecule has 17 heavy (non-hydrogen) atoms. The van der Waals surface area contributed by atoms with E-state index >= 15 is 0 Å². The van der Waals surface area contributed by atoms with Crippen LogP contribution < -0.4 is 0 Å². The molecule has 1 N–H and O–H groups in total. The van der Waals surface area contributed by atoms with Crippen molar-refractivity contribution >= 4 is 22.9 Å². The van der Waals surface area contributed by atoms with Gasteiger partial charge in [-0.25, -0.2) is 4.79 Å². The molecule has 0 aliphatic carbocycles. The van der Waals surface area contributed by atoms with Gasteiger partial charge in [0.25, 0.3) is 0 Å². The molecule has 0 saturated heterocycles. The smallest absolute Gasteiger partial charge is 0.331 e. The molecular weight excluding hydrogens is 216 g/mol. The van der Waals surface area contributed by atoms with Crippen molar-refractivity contribution < 1.29 is 9.90 Å². The molecule has 0 aliphatic heterocycles. The van der Waals surface area contributed by atoms with Gasteiger partial charge in [0.2, 0.25) is 0 Å². The summed E-state index contributed by atoms with van der Waals surface area (Å²) >= 11 is 0. The average Bonchev–Trinajstić information content (AvgIpc) is 2.66. The molecule has 2 aromatic rings. The summed E-state index contributed by atoms with van der Waals surface area (Å²) in [6.07, 6.45) is 4.12. The largest absolute Gasteiger partial charge is 0.478 e. The Morgan fingerprint density at radius 2 is 2.29 bits per heavy atom. The van der Waals surface area contributed by atoms with Crippen molar-refractivity contribution in [2.24, 2.45) is 7.05 Å². The van der Waals surface area contributed by atoms with Gasteiger partial charge < -0.3 is 5.11 Å². The third-order valence-corrected chi connectivity index (χ3v) is 2.68. The highest BCUT2D eigenvalue weighted by Crippen LogP contribution is 2.20. The van der Waals surface area contributed by atoms with E-state index in [0.717, 1.165) is 16.5 Å². The summed E-state index contributed by atoms with van der Waals surface area (Å²) < 4.78 is 1.73. The Morgan fingerprint density at radius 1 is 1.53 bits per heavy atom. The normalized spacial score (nSPS) is 12.0. The lowest BCUT2D eigenvalue weighted by Crippen LogP contribution is -1.98. The summed E-state index contributed by atoms with van der Waals surface area (Å²) in [6, 6.07) is 5.71. The number of aromatic nitrogens is 2. The minimum Gasteiger partial charge on any atom is -0.478 e. The summed E-state index contributed by atoms with van der Waals surface area (Å²) in [6.45, 7) is 1.84. The van der Waals surface area contributed by atoms with Crippen molar-refractivity contribution in [3.05, 3.63) is 35.5 Å². The summed E-state index contributed by atoms with van der Waals surface area (Å²) in [5, 5.41) is 14.3. The molecule has 0 aliphatic rings. The lowest BCUT2D eigenvalue weighted by atomic mass is 10.1. The molecule has 1 heterocycles. The second-order valence-corrected chi connectivity index (χ2v) is 3.91. The van der Waals surface area contributed by atoms with Crippen LogP contribution in [0.25, 0.3) is 17.0 Å². The number of carbonyl (C=O) groups is 1. The number of fused-ring (bicyclic) bond motifs is 1. The predicted octanol–water partition coefficient (Wildman–Crippen LogP) is 2.45. The van der Waals surface area contributed by atoms with Crippen LogP contribution in [0.1, 0.15) is 18.9 Å². The maximum Gasteiger partial charge on any atom is 0.331 e. The van der Waals surface area contributed by atoms with Crippen LogP contribution in [-0.2, 0) is 11.8 Å². The molecule has 0 saturated carbocycles. The highest BCUT2D eigenvalue weighted by Gasteiger charge is 2.07. The van der Waals surface area contributed by atoms with E-state index in [1.54, 1.807) is 10.8 Å². The van der Waals surface area contributed by atoms with Gasteiger partial charge in [-0.05, 0) is 24.1 Å². The molecule has 0 bridgehead atoms. The van der Waals surface area contributed by atoms with E-state index < -0.39 is 5.97 Å². The Labute approximate surface area is 99.2 Å². The van der Waals surface area contributed by atoms with Crippen molar-refractivity contribution in [3.63, 3.8) is 0 Å². The van der Waals surface area contributed by atoms with E-state index in [2.05, 4.69) is 5.10 Å². The van der Waals surface area contributed by atoms with Gasteiger partial charge in [0, 0.05) is 24.2 Å². The number of hydrogen-bond acceptors (Lipinski definition) is 2. The van der Waals surface area contributed by atoms with Gasteiger partial charge in [-0.1, -0.05) is 19.1 Å². The molecule has 1 aromatic heterocycles. The second-order valence-electron chi connectivity index (χ2n) is 3.91. The number of carboxylic acid groups (broad SMARTS) is 1. The minimum absolute atomic E-state index is 0.404. The van der Waals surface area contributed by atoms with Gasteiger partial charge in [-0.2, -0.15) is 5.10 Å². The molecule has 0 spiro atoms. The lowest BCUT2D eigenvalue weighted by molar-refractivity contribution is -0.132. The molecule has 4 nitrogen and oxygen atoms in total. The quantitative estimate of drug-likeness (QED) is 0.824. The van der Waals surface area contributed by atoms with E-state index in [-0.39, 0.29) is 0 Å². The summed E-state index contributed by atoms with van der Waals surface area (Å²) in [5.41, 5.74) is 2.18. The van der Waals surface area contributed by atoms with Crippen molar-refractivity contribution in [2.75, 3.05) is 0 Å². The SMILES string of the molecule is CC/C(=C\c1cccc2nn(C)cc12)C(=O)O. The highest BCUT2D eigenvalue weighted by atomic mass is 16.4. The zero-order chi connectivity index (χ0) is 12.4. The molecule has 0 amide bonds. The van der Waals surface area contributed by atoms with Crippen LogP contribution in [0.4, 0.5) is 0 Å². The molecular formula is C13H14N2O2. The Kier molecular flexibility index (Phi) is 2.95. The first-order valence-corrected chi connectivity index (χ1v) is 5.48.